The topological polar surface area (TPSA) is 48.4 Å². The van der Waals surface area contributed by atoms with Crippen LogP contribution in [-0.2, 0) is 11.2 Å². The van der Waals surface area contributed by atoms with E-state index in [1.807, 2.05) is 26.0 Å². The highest BCUT2D eigenvalue weighted by Crippen LogP contribution is 2.16. The van der Waals surface area contributed by atoms with E-state index in [-0.39, 0.29) is 11.6 Å². The number of furan rings is 1. The Labute approximate surface area is 78.9 Å². The number of rotatable bonds is 4. The summed E-state index contributed by atoms with van der Waals surface area (Å²) in [6, 6.07) is 3.73. The van der Waals surface area contributed by atoms with Gasteiger partial charge in [-0.05, 0) is 26.0 Å². The van der Waals surface area contributed by atoms with Crippen LogP contribution in [0.1, 0.15) is 19.6 Å². The average Bonchev–Trinajstić information content (AvgIpc) is 2.57. The first-order valence-electron chi connectivity index (χ1n) is 4.39. The maximum absolute atomic E-state index is 5.97. The number of methoxy groups -OCH3 is 1. The molecule has 1 aromatic heterocycles. The zero-order valence-corrected chi connectivity index (χ0v) is 8.41. The molecule has 0 bridgehead atoms. The highest BCUT2D eigenvalue weighted by molar-refractivity contribution is 5.02. The molecule has 74 valence electrons. The van der Waals surface area contributed by atoms with E-state index in [0.29, 0.717) is 6.42 Å². The van der Waals surface area contributed by atoms with Gasteiger partial charge in [0.25, 0.3) is 0 Å². The van der Waals surface area contributed by atoms with Gasteiger partial charge in [0.05, 0.1) is 11.9 Å². The molecule has 1 rings (SSSR count). The molecule has 0 saturated carbocycles. The standard InChI is InChI=1S/C10H17NO2/c1-10(2,12-3)9(11)7-8-5-4-6-13-8/h4-6,9H,7,11H2,1-3H3. The second-order valence-electron chi connectivity index (χ2n) is 3.70. The summed E-state index contributed by atoms with van der Waals surface area (Å²) in [7, 11) is 1.67. The first kappa shape index (κ1) is 10.3. The van der Waals surface area contributed by atoms with Crippen LogP contribution in [0, 0.1) is 0 Å². The van der Waals surface area contributed by atoms with Gasteiger partial charge in [-0.3, -0.25) is 0 Å². The van der Waals surface area contributed by atoms with E-state index in [0.717, 1.165) is 5.76 Å². The Bertz CT molecular complexity index is 241. The van der Waals surface area contributed by atoms with Crippen molar-refractivity contribution in [3.8, 4) is 0 Å². The number of hydrogen-bond acceptors (Lipinski definition) is 3. The summed E-state index contributed by atoms with van der Waals surface area (Å²) < 4.78 is 10.5. The maximum atomic E-state index is 5.97. The second kappa shape index (κ2) is 3.94. The molecule has 0 amide bonds. The van der Waals surface area contributed by atoms with Crippen molar-refractivity contribution in [3.63, 3.8) is 0 Å². The minimum absolute atomic E-state index is 0.0522. The summed E-state index contributed by atoms with van der Waals surface area (Å²) in [6.07, 6.45) is 2.36. The molecule has 0 saturated heterocycles. The summed E-state index contributed by atoms with van der Waals surface area (Å²) >= 11 is 0. The molecule has 0 spiro atoms. The Kier molecular flexibility index (Phi) is 3.12. The summed E-state index contributed by atoms with van der Waals surface area (Å²) in [5.41, 5.74) is 5.66. The molecular formula is C10H17NO2. The molecule has 0 aliphatic carbocycles. The van der Waals surface area contributed by atoms with Gasteiger partial charge < -0.3 is 14.9 Å². The van der Waals surface area contributed by atoms with Gasteiger partial charge in [0, 0.05) is 19.6 Å². The lowest BCUT2D eigenvalue weighted by atomic mass is 9.95. The predicted molar refractivity (Wildman–Crippen MR) is 51.5 cm³/mol. The Hall–Kier alpha value is -0.800. The number of ether oxygens (including phenoxy) is 1. The van der Waals surface area contributed by atoms with Crippen molar-refractivity contribution < 1.29 is 9.15 Å². The highest BCUT2D eigenvalue weighted by Gasteiger charge is 2.26. The summed E-state index contributed by atoms with van der Waals surface area (Å²) in [5.74, 6) is 0.901. The largest absolute Gasteiger partial charge is 0.469 e. The van der Waals surface area contributed by atoms with Crippen molar-refractivity contribution in [1.29, 1.82) is 0 Å². The van der Waals surface area contributed by atoms with Gasteiger partial charge in [0.2, 0.25) is 0 Å². The Morgan fingerprint density at radius 2 is 2.31 bits per heavy atom. The van der Waals surface area contributed by atoms with Crippen LogP contribution in [0.4, 0.5) is 0 Å². The summed E-state index contributed by atoms with van der Waals surface area (Å²) in [5, 5.41) is 0. The number of hydrogen-bond donors (Lipinski definition) is 1. The Morgan fingerprint density at radius 3 is 2.77 bits per heavy atom. The lowest BCUT2D eigenvalue weighted by molar-refractivity contribution is -0.000345. The SMILES string of the molecule is COC(C)(C)C(N)Cc1ccco1. The van der Waals surface area contributed by atoms with Crippen LogP contribution in [0.25, 0.3) is 0 Å². The molecular weight excluding hydrogens is 166 g/mol. The molecule has 1 aromatic rings. The minimum Gasteiger partial charge on any atom is -0.469 e. The third-order valence-electron chi connectivity index (χ3n) is 2.42. The van der Waals surface area contributed by atoms with Crippen molar-refractivity contribution in [3.05, 3.63) is 24.2 Å². The fourth-order valence-corrected chi connectivity index (χ4v) is 1.04. The molecule has 2 N–H and O–H groups in total. The lowest BCUT2D eigenvalue weighted by Gasteiger charge is -2.29. The van der Waals surface area contributed by atoms with Crippen molar-refractivity contribution in [1.82, 2.24) is 0 Å². The molecule has 3 heteroatoms. The van der Waals surface area contributed by atoms with E-state index in [1.54, 1.807) is 13.4 Å². The monoisotopic (exact) mass is 183 g/mol. The normalized spacial score (nSPS) is 14.5. The fourth-order valence-electron chi connectivity index (χ4n) is 1.04. The third-order valence-corrected chi connectivity index (χ3v) is 2.42. The molecule has 0 aromatic carbocycles. The van der Waals surface area contributed by atoms with Crippen LogP contribution >= 0.6 is 0 Å². The van der Waals surface area contributed by atoms with Gasteiger partial charge in [-0.2, -0.15) is 0 Å². The van der Waals surface area contributed by atoms with E-state index in [2.05, 4.69) is 0 Å². The molecule has 1 unspecified atom stereocenters. The third kappa shape index (κ3) is 2.57. The van der Waals surface area contributed by atoms with Crippen LogP contribution < -0.4 is 5.73 Å². The molecule has 13 heavy (non-hydrogen) atoms. The van der Waals surface area contributed by atoms with E-state index >= 15 is 0 Å². The van der Waals surface area contributed by atoms with Crippen molar-refractivity contribution in [2.24, 2.45) is 5.73 Å². The van der Waals surface area contributed by atoms with E-state index < -0.39 is 0 Å². The van der Waals surface area contributed by atoms with E-state index in [4.69, 9.17) is 14.9 Å². The smallest absolute Gasteiger partial charge is 0.105 e. The Balaban J connectivity index is 2.55. The molecule has 0 aliphatic heterocycles. The minimum atomic E-state index is -0.313. The second-order valence-corrected chi connectivity index (χ2v) is 3.70. The number of nitrogens with two attached hydrogens (primary N) is 1. The maximum Gasteiger partial charge on any atom is 0.105 e. The van der Waals surface area contributed by atoms with E-state index in [9.17, 15) is 0 Å². The van der Waals surface area contributed by atoms with Crippen LogP contribution in [0.5, 0.6) is 0 Å². The molecule has 0 fully saturated rings. The Morgan fingerprint density at radius 1 is 1.62 bits per heavy atom. The molecule has 0 aliphatic rings. The predicted octanol–water partition coefficient (Wildman–Crippen LogP) is 1.57. The molecule has 1 atom stereocenters. The van der Waals surface area contributed by atoms with Gasteiger partial charge >= 0.3 is 0 Å². The van der Waals surface area contributed by atoms with Gasteiger partial charge in [-0.25, -0.2) is 0 Å². The van der Waals surface area contributed by atoms with Crippen molar-refractivity contribution in [2.75, 3.05) is 7.11 Å². The highest BCUT2D eigenvalue weighted by atomic mass is 16.5. The van der Waals surface area contributed by atoms with Gasteiger partial charge in [0.1, 0.15) is 5.76 Å². The lowest BCUT2D eigenvalue weighted by Crippen LogP contribution is -2.46. The summed E-state index contributed by atoms with van der Waals surface area (Å²) in [4.78, 5) is 0. The first-order chi connectivity index (χ1) is 6.06. The van der Waals surface area contributed by atoms with Gasteiger partial charge in [-0.15, -0.1) is 0 Å². The molecule has 3 nitrogen and oxygen atoms in total. The van der Waals surface area contributed by atoms with Crippen LogP contribution in [0.15, 0.2) is 22.8 Å². The quantitative estimate of drug-likeness (QED) is 0.770. The van der Waals surface area contributed by atoms with Crippen LogP contribution in [-0.4, -0.2) is 18.8 Å². The van der Waals surface area contributed by atoms with E-state index in [1.165, 1.54) is 0 Å². The van der Waals surface area contributed by atoms with Crippen molar-refractivity contribution >= 4 is 0 Å². The van der Waals surface area contributed by atoms with Gasteiger partial charge in [0.15, 0.2) is 0 Å². The van der Waals surface area contributed by atoms with Crippen molar-refractivity contribution in [2.45, 2.75) is 31.9 Å². The molecule has 1 heterocycles. The first-order valence-corrected chi connectivity index (χ1v) is 4.39. The van der Waals surface area contributed by atoms with Gasteiger partial charge in [-0.1, -0.05) is 0 Å². The molecule has 0 radical (unpaired) electrons. The average molecular weight is 183 g/mol. The summed E-state index contributed by atoms with van der Waals surface area (Å²) in [6.45, 7) is 3.95. The zero-order chi connectivity index (χ0) is 9.90. The zero-order valence-electron chi connectivity index (χ0n) is 8.41. The van der Waals surface area contributed by atoms with Crippen LogP contribution in [0.3, 0.4) is 0 Å². The van der Waals surface area contributed by atoms with Crippen LogP contribution in [0.2, 0.25) is 0 Å². The fraction of sp³-hybridized carbons (Fsp3) is 0.600.